The van der Waals surface area contributed by atoms with E-state index in [9.17, 15) is 35.1 Å². The molecule has 0 radical (unpaired) electrons. The lowest BCUT2D eigenvalue weighted by Crippen LogP contribution is -2.58. The Balaban J connectivity index is 2.03. The molecule has 1 aromatic rings. The number of hydrogen-bond acceptors (Lipinski definition) is 8. The van der Waals surface area contributed by atoms with Crippen LogP contribution in [0.2, 0.25) is 0 Å². The van der Waals surface area contributed by atoms with Gasteiger partial charge in [0.2, 0.25) is 0 Å². The number of aliphatic carboxylic acids is 1. The minimum Gasteiger partial charge on any atom is -0.504 e. The molecule has 9 nitrogen and oxygen atoms in total. The normalized spacial score (nSPS) is 28.8. The van der Waals surface area contributed by atoms with Gasteiger partial charge in [0.1, 0.15) is 0 Å². The molecule has 2 rings (SSSR count). The van der Waals surface area contributed by atoms with Gasteiger partial charge in [-0.1, -0.05) is 6.07 Å². The molecule has 1 fully saturated rings. The number of carbonyl (C=O) groups excluding carboxylic acids is 1. The van der Waals surface area contributed by atoms with E-state index >= 15 is 0 Å². The second-order valence-electron chi connectivity index (χ2n) is 6.03. The van der Waals surface area contributed by atoms with Crippen molar-refractivity contribution in [1.29, 1.82) is 0 Å². The van der Waals surface area contributed by atoms with Crippen LogP contribution in [0, 0.1) is 0 Å². The van der Waals surface area contributed by atoms with E-state index in [0.717, 1.165) is 13.2 Å². The van der Waals surface area contributed by atoms with Crippen LogP contribution in [0.25, 0.3) is 6.08 Å². The Morgan fingerprint density at radius 3 is 2.27 bits per heavy atom. The zero-order chi connectivity index (χ0) is 19.5. The molecule has 9 heteroatoms. The lowest BCUT2D eigenvalue weighted by molar-refractivity contribution is -0.202. The molecule has 0 aromatic heterocycles. The summed E-state index contributed by atoms with van der Waals surface area (Å²) in [5.74, 6) is -2.86. The number of esters is 1. The van der Waals surface area contributed by atoms with Gasteiger partial charge in [0.15, 0.2) is 23.2 Å². The molecule has 1 aliphatic rings. The molecule has 1 aromatic carbocycles. The van der Waals surface area contributed by atoms with Crippen LogP contribution in [0.3, 0.4) is 0 Å². The van der Waals surface area contributed by atoms with Gasteiger partial charge in [-0.25, -0.2) is 9.59 Å². The summed E-state index contributed by atoms with van der Waals surface area (Å²) >= 11 is 0. The van der Waals surface area contributed by atoms with Crippen LogP contribution in [0.4, 0.5) is 0 Å². The summed E-state index contributed by atoms with van der Waals surface area (Å²) in [5.41, 5.74) is -1.34. The van der Waals surface area contributed by atoms with E-state index in [1.165, 1.54) is 24.3 Å². The van der Waals surface area contributed by atoms with Crippen molar-refractivity contribution in [1.82, 2.24) is 0 Å². The van der Waals surface area contributed by atoms with Gasteiger partial charge < -0.3 is 35.0 Å². The number of phenols is 2. The topological polar surface area (TPSA) is 154 Å². The average Bonchev–Trinajstić information content (AvgIpc) is 2.58. The number of phenolic OH excluding ortho intramolecular Hbond substituents is 2. The van der Waals surface area contributed by atoms with Crippen LogP contribution >= 0.6 is 0 Å². The molecule has 0 heterocycles. The first-order valence-electron chi connectivity index (χ1n) is 7.74. The molecule has 1 aliphatic carbocycles. The number of ether oxygens (including phenoxy) is 2. The quantitative estimate of drug-likeness (QED) is 0.275. The summed E-state index contributed by atoms with van der Waals surface area (Å²) in [6.45, 7) is 0. The fourth-order valence-corrected chi connectivity index (χ4v) is 2.82. The van der Waals surface area contributed by atoms with E-state index in [-0.39, 0.29) is 24.3 Å². The van der Waals surface area contributed by atoms with Crippen LogP contribution in [0.1, 0.15) is 18.4 Å². The predicted octanol–water partition coefficient (Wildman–Crippen LogP) is 0.00820. The summed E-state index contributed by atoms with van der Waals surface area (Å²) in [4.78, 5) is 23.2. The Hall–Kier alpha value is -2.62. The predicted molar refractivity (Wildman–Crippen MR) is 87.3 cm³/mol. The Morgan fingerprint density at radius 2 is 1.77 bits per heavy atom. The van der Waals surface area contributed by atoms with Gasteiger partial charge in [-0.05, 0) is 23.8 Å². The van der Waals surface area contributed by atoms with Gasteiger partial charge in [-0.3, -0.25) is 0 Å². The summed E-state index contributed by atoms with van der Waals surface area (Å²) in [6, 6.07) is 3.91. The molecule has 0 spiro atoms. The largest absolute Gasteiger partial charge is 0.504 e. The Kier molecular flexibility index (Phi) is 5.86. The van der Waals surface area contributed by atoms with Crippen molar-refractivity contribution in [2.24, 2.45) is 0 Å². The minimum absolute atomic E-state index is 0.307. The van der Waals surface area contributed by atoms with Gasteiger partial charge in [0, 0.05) is 26.0 Å². The molecule has 142 valence electrons. The Labute approximate surface area is 148 Å². The molecule has 2 unspecified atom stereocenters. The van der Waals surface area contributed by atoms with Gasteiger partial charge >= 0.3 is 11.9 Å². The van der Waals surface area contributed by atoms with Crippen molar-refractivity contribution < 1.29 is 44.6 Å². The summed E-state index contributed by atoms with van der Waals surface area (Å²) in [6.07, 6.45) is -2.52. The SMILES string of the molecule is COC1(C(=O)O)CC(O)C(OC(=O)C=Cc2ccc(O)c(O)c2)C(O)C1. The number of benzene rings is 1. The standard InChI is InChI=1S/C17H20O9/c1-25-17(16(23)24)7-12(20)15(13(21)8-17)26-14(22)5-3-9-2-4-10(18)11(19)6-9/h2-6,12-13,15,18-21H,7-8H2,1H3,(H,23,24). The number of methoxy groups -OCH3 is 1. The first kappa shape index (κ1) is 19.7. The van der Waals surface area contributed by atoms with Gasteiger partial charge in [-0.2, -0.15) is 0 Å². The van der Waals surface area contributed by atoms with E-state index in [2.05, 4.69) is 0 Å². The lowest BCUT2D eigenvalue weighted by atomic mass is 9.79. The van der Waals surface area contributed by atoms with E-state index in [1.807, 2.05) is 0 Å². The van der Waals surface area contributed by atoms with Crippen molar-refractivity contribution in [3.05, 3.63) is 29.8 Å². The second-order valence-corrected chi connectivity index (χ2v) is 6.03. The fourth-order valence-electron chi connectivity index (χ4n) is 2.82. The maximum Gasteiger partial charge on any atom is 0.336 e. The molecule has 0 bridgehead atoms. The molecule has 1 saturated carbocycles. The van der Waals surface area contributed by atoms with E-state index in [4.69, 9.17) is 9.47 Å². The molecule has 5 N–H and O–H groups in total. The summed E-state index contributed by atoms with van der Waals surface area (Å²) < 4.78 is 9.97. The highest BCUT2D eigenvalue weighted by molar-refractivity contribution is 5.87. The van der Waals surface area contributed by atoms with Crippen molar-refractivity contribution in [2.45, 2.75) is 36.8 Å². The fraction of sp³-hybridized carbons (Fsp3) is 0.412. The Bertz CT molecular complexity index is 700. The number of rotatable bonds is 5. The average molecular weight is 368 g/mol. The Morgan fingerprint density at radius 1 is 1.15 bits per heavy atom. The molecular weight excluding hydrogens is 348 g/mol. The number of aliphatic hydroxyl groups is 2. The molecule has 0 saturated heterocycles. The molecular formula is C17H20O9. The second kappa shape index (κ2) is 7.73. The number of aromatic hydroxyl groups is 2. The van der Waals surface area contributed by atoms with Gasteiger partial charge in [-0.15, -0.1) is 0 Å². The summed E-state index contributed by atoms with van der Waals surface area (Å²) in [5, 5.41) is 48.0. The van der Waals surface area contributed by atoms with Gasteiger partial charge in [0.25, 0.3) is 0 Å². The maximum atomic E-state index is 11.9. The van der Waals surface area contributed by atoms with Crippen molar-refractivity contribution in [2.75, 3.05) is 7.11 Å². The molecule has 26 heavy (non-hydrogen) atoms. The van der Waals surface area contributed by atoms with Crippen molar-refractivity contribution in [3.63, 3.8) is 0 Å². The number of carboxylic acid groups (broad SMARTS) is 1. The molecule has 2 atom stereocenters. The third kappa shape index (κ3) is 4.13. The highest BCUT2D eigenvalue weighted by atomic mass is 16.6. The number of hydrogen-bond donors (Lipinski definition) is 5. The highest BCUT2D eigenvalue weighted by Crippen LogP contribution is 2.34. The third-order valence-corrected chi connectivity index (χ3v) is 4.28. The van der Waals surface area contributed by atoms with E-state index < -0.39 is 35.9 Å². The molecule has 0 aliphatic heterocycles. The van der Waals surface area contributed by atoms with Crippen LogP contribution in [0.15, 0.2) is 24.3 Å². The zero-order valence-corrected chi connectivity index (χ0v) is 13.9. The van der Waals surface area contributed by atoms with Crippen LogP contribution in [-0.4, -0.2) is 68.5 Å². The number of carboxylic acids is 1. The highest BCUT2D eigenvalue weighted by Gasteiger charge is 2.51. The van der Waals surface area contributed by atoms with Crippen LogP contribution < -0.4 is 0 Å². The maximum absolute atomic E-state index is 11.9. The van der Waals surface area contributed by atoms with Crippen molar-refractivity contribution in [3.8, 4) is 11.5 Å². The van der Waals surface area contributed by atoms with E-state index in [1.54, 1.807) is 0 Å². The number of carbonyl (C=O) groups is 2. The lowest BCUT2D eigenvalue weighted by Gasteiger charge is -2.41. The van der Waals surface area contributed by atoms with Crippen LogP contribution in [-0.2, 0) is 19.1 Å². The molecule has 0 amide bonds. The first-order chi connectivity index (χ1) is 12.2. The van der Waals surface area contributed by atoms with E-state index in [0.29, 0.717) is 5.56 Å². The summed E-state index contributed by atoms with van der Waals surface area (Å²) in [7, 11) is 1.16. The first-order valence-corrected chi connectivity index (χ1v) is 7.74. The number of aliphatic hydroxyl groups excluding tert-OH is 2. The third-order valence-electron chi connectivity index (χ3n) is 4.28. The van der Waals surface area contributed by atoms with Crippen LogP contribution in [0.5, 0.6) is 11.5 Å². The smallest absolute Gasteiger partial charge is 0.336 e. The van der Waals surface area contributed by atoms with Crippen molar-refractivity contribution >= 4 is 18.0 Å². The van der Waals surface area contributed by atoms with Gasteiger partial charge in [0.05, 0.1) is 12.2 Å². The monoisotopic (exact) mass is 368 g/mol. The minimum atomic E-state index is -1.75. The zero-order valence-electron chi connectivity index (χ0n) is 13.9.